The minimum Gasteiger partial charge on any atom is -0.747 e. The molecule has 0 aromatic carbocycles. The van der Waals surface area contributed by atoms with Gasteiger partial charge in [0, 0.05) is 38.2 Å². The molecule has 13 heavy (non-hydrogen) atoms. The Kier molecular flexibility index (Phi) is 9.94. The predicted molar refractivity (Wildman–Crippen MR) is 39.6 cm³/mol. The van der Waals surface area contributed by atoms with Gasteiger partial charge >= 0.3 is 5.97 Å². The van der Waals surface area contributed by atoms with Crippen LogP contribution in [0.25, 0.3) is 0 Å². The first-order valence-corrected chi connectivity index (χ1v) is 4.24. The van der Waals surface area contributed by atoms with E-state index in [4.69, 9.17) is 10.2 Å². The number of carboxylic acid groups (broad SMARTS) is 1. The Hall–Kier alpha value is 0.392. The van der Waals surface area contributed by atoms with Crippen LogP contribution < -0.4 is 0 Å². The molecule has 0 amide bonds. The number of aliphatic hydroxyl groups is 1. The second-order valence-corrected chi connectivity index (χ2v) is 4.20. The summed E-state index contributed by atoms with van der Waals surface area (Å²) in [6, 6.07) is 0. The molecular weight excluding hydrogens is 426 g/mol. The van der Waals surface area contributed by atoms with Crippen molar-refractivity contribution < 1.29 is 59.1 Å². The molecule has 0 aliphatic heterocycles. The van der Waals surface area contributed by atoms with Gasteiger partial charge in [0.1, 0.15) is 10.1 Å². The molecule has 0 fully saturated rings. The number of aliphatic hydroxyl groups excluding tert-OH is 1. The van der Waals surface area contributed by atoms with Gasteiger partial charge in [0.15, 0.2) is 4.75 Å². The van der Waals surface area contributed by atoms with Gasteiger partial charge in [-0.1, -0.05) is 0 Å². The molecule has 0 rings (SSSR count). The molecule has 0 bridgehead atoms. The Balaban J connectivity index is -0.000000309. The fraction of sp³-hybridized carbons (Fsp3) is 0.800. The summed E-state index contributed by atoms with van der Waals surface area (Å²) in [6.07, 6.45) is 0. The molecule has 0 aromatic heterocycles. The fourth-order valence-electron chi connectivity index (χ4n) is 0.107. The molecule has 0 atom stereocenters. The number of carboxylic acids is 1. The van der Waals surface area contributed by atoms with E-state index in [1.165, 1.54) is 0 Å². The van der Waals surface area contributed by atoms with Gasteiger partial charge in [-0.15, -0.1) is 0 Å². The fourth-order valence-corrected chi connectivity index (χ4v) is 0.321. The van der Waals surface area contributed by atoms with Gasteiger partial charge in [-0.3, -0.25) is 4.79 Å². The van der Waals surface area contributed by atoms with Crippen molar-refractivity contribution >= 4 is 16.1 Å². The van der Waals surface area contributed by atoms with Crippen LogP contribution in [-0.2, 0) is 14.9 Å². The van der Waals surface area contributed by atoms with E-state index in [0.29, 0.717) is 0 Å². The normalized spacial score (nSPS) is 10.5. The maximum atomic E-state index is 10.2. The zero-order valence-corrected chi connectivity index (χ0v) is 12.4. The summed E-state index contributed by atoms with van der Waals surface area (Å²) in [5.74, 6) is -1.64. The van der Waals surface area contributed by atoms with Gasteiger partial charge in [0.25, 0.3) is 0 Å². The van der Waals surface area contributed by atoms with Crippen LogP contribution in [0.3, 0.4) is 0 Å². The minimum atomic E-state index is -4.75. The van der Waals surface area contributed by atoms with Crippen LogP contribution in [0.5, 0.6) is 0 Å². The Bertz CT molecular complexity index is 244. The molecule has 0 radical (unpaired) electrons. The smallest absolute Gasteiger partial charge is 0.323 e. The van der Waals surface area contributed by atoms with Gasteiger partial charge in [0.2, 0.25) is 0 Å². The van der Waals surface area contributed by atoms with Crippen LogP contribution in [-0.4, -0.2) is 41.0 Å². The van der Waals surface area contributed by atoms with Crippen LogP contribution in [0.2, 0.25) is 0 Å². The molecule has 6 nitrogen and oxygen atoms in total. The van der Waals surface area contributed by atoms with E-state index in [9.17, 15) is 17.8 Å². The van der Waals surface area contributed by atoms with Crippen molar-refractivity contribution in [2.75, 3.05) is 7.11 Å². The van der Waals surface area contributed by atoms with Crippen molar-refractivity contribution in [1.29, 1.82) is 0 Å². The van der Waals surface area contributed by atoms with Gasteiger partial charge in [-0.25, -0.2) is 8.42 Å². The van der Waals surface area contributed by atoms with E-state index in [0.717, 1.165) is 21.0 Å². The summed E-state index contributed by atoms with van der Waals surface area (Å²) in [4.78, 5) is 10.1. The SMILES string of the molecule is CC(C)(C(=O)O)S(=O)(=O)[O-].CO.[U]. The zero-order chi connectivity index (χ0) is 10.6. The van der Waals surface area contributed by atoms with Gasteiger partial charge < -0.3 is 14.8 Å². The Morgan fingerprint density at radius 1 is 1.31 bits per heavy atom. The number of aliphatic carboxylic acids is 1. The maximum absolute atomic E-state index is 10.2. The summed E-state index contributed by atoms with van der Waals surface area (Å²) in [5, 5.41) is 15.2. The summed E-state index contributed by atoms with van der Waals surface area (Å²) in [6.45, 7) is 1.69. The molecule has 0 saturated heterocycles. The molecule has 0 aromatic rings. The summed E-state index contributed by atoms with van der Waals surface area (Å²) < 4.78 is 28.2. The van der Waals surface area contributed by atoms with Crippen molar-refractivity contribution in [3.05, 3.63) is 0 Å². The standard InChI is InChI=1S/C4H8O5S.CH4O.U/c1-4(2,3(5)6)10(7,8)9;1-2;/h1-2H3,(H,5,6)(H,7,8,9);2H,1H3;/p-1. The average molecular weight is 437 g/mol. The second kappa shape index (κ2) is 6.79. The first-order chi connectivity index (χ1) is 5.19. The molecule has 8 heteroatoms. The predicted octanol–water partition coefficient (Wildman–Crippen LogP) is -0.997. The van der Waals surface area contributed by atoms with Crippen LogP contribution in [0, 0.1) is 31.1 Å². The number of hydrogen-bond donors (Lipinski definition) is 2. The Morgan fingerprint density at radius 2 is 1.54 bits per heavy atom. The van der Waals surface area contributed by atoms with Crippen molar-refractivity contribution in [1.82, 2.24) is 0 Å². The Morgan fingerprint density at radius 3 is 1.54 bits per heavy atom. The third-order valence-electron chi connectivity index (χ3n) is 1.14. The van der Waals surface area contributed by atoms with Crippen molar-refractivity contribution in [3.8, 4) is 0 Å². The molecule has 0 heterocycles. The summed E-state index contributed by atoms with van der Waals surface area (Å²) >= 11 is 0. The third kappa shape index (κ3) is 5.65. The largest absolute Gasteiger partial charge is 0.747 e. The van der Waals surface area contributed by atoms with E-state index in [1.54, 1.807) is 0 Å². The van der Waals surface area contributed by atoms with E-state index in [-0.39, 0.29) is 31.1 Å². The van der Waals surface area contributed by atoms with Crippen molar-refractivity contribution in [3.63, 3.8) is 0 Å². The molecule has 0 saturated carbocycles. The van der Waals surface area contributed by atoms with Crippen molar-refractivity contribution in [2.24, 2.45) is 0 Å². The monoisotopic (exact) mass is 437 g/mol. The van der Waals surface area contributed by atoms with Crippen LogP contribution in [0.4, 0.5) is 0 Å². The van der Waals surface area contributed by atoms with E-state index in [1.807, 2.05) is 0 Å². The topological polar surface area (TPSA) is 115 Å². The van der Waals surface area contributed by atoms with Gasteiger partial charge in [0.05, 0.1) is 0 Å². The first kappa shape index (κ1) is 19.0. The summed E-state index contributed by atoms with van der Waals surface area (Å²) in [5.41, 5.74) is 0. The van der Waals surface area contributed by atoms with E-state index >= 15 is 0 Å². The number of rotatable bonds is 2. The van der Waals surface area contributed by atoms with Crippen molar-refractivity contribution in [2.45, 2.75) is 18.6 Å². The third-order valence-corrected chi connectivity index (χ3v) is 2.56. The molecule has 0 aliphatic rings. The van der Waals surface area contributed by atoms with Crippen LogP contribution in [0.15, 0.2) is 0 Å². The molecule has 0 aliphatic carbocycles. The molecule has 2 N–H and O–H groups in total. The van der Waals surface area contributed by atoms with Crippen LogP contribution in [0.1, 0.15) is 13.8 Å². The van der Waals surface area contributed by atoms with Crippen LogP contribution >= 0.6 is 0 Å². The average Bonchev–Trinajstić information content (AvgIpc) is 1.89. The quantitative estimate of drug-likeness (QED) is 0.536. The number of hydrogen-bond acceptors (Lipinski definition) is 5. The second-order valence-electron chi connectivity index (χ2n) is 2.27. The zero-order valence-electron chi connectivity index (χ0n) is 7.44. The maximum Gasteiger partial charge on any atom is 0.323 e. The first-order valence-electron chi connectivity index (χ1n) is 2.83. The van der Waals surface area contributed by atoms with Gasteiger partial charge in [-0.2, -0.15) is 0 Å². The number of carbonyl (C=O) groups is 1. The van der Waals surface area contributed by atoms with Gasteiger partial charge in [-0.05, 0) is 13.8 Å². The minimum absolute atomic E-state index is 0. The van der Waals surface area contributed by atoms with E-state index < -0.39 is 20.8 Å². The van der Waals surface area contributed by atoms with E-state index in [2.05, 4.69) is 0 Å². The molecule has 78 valence electrons. The molecular formula is C5H11O6SU-. The molecule has 0 unspecified atom stereocenters. The molecule has 0 spiro atoms. The summed E-state index contributed by atoms with van der Waals surface area (Å²) in [7, 11) is -3.75. The Labute approximate surface area is 100 Å².